The van der Waals surface area contributed by atoms with Crippen LogP contribution in [-0.4, -0.2) is 63.1 Å². The highest BCUT2D eigenvalue weighted by Crippen LogP contribution is 2.30. The molecule has 1 heterocycles. The van der Waals surface area contributed by atoms with E-state index in [-0.39, 0.29) is 49.3 Å². The van der Waals surface area contributed by atoms with E-state index in [1.165, 1.54) is 0 Å². The number of nitrogens with zero attached hydrogens (tertiary/aromatic N) is 2. The van der Waals surface area contributed by atoms with Crippen LogP contribution in [0.2, 0.25) is 0 Å². The molecule has 2 aromatic rings. The molecule has 3 atom stereocenters. The number of methoxy groups -OCH3 is 1. The van der Waals surface area contributed by atoms with Gasteiger partial charge in [-0.05, 0) is 38.0 Å². The van der Waals surface area contributed by atoms with Crippen LogP contribution in [0, 0.1) is 0 Å². The monoisotopic (exact) mass is 568 g/mol. The lowest BCUT2D eigenvalue weighted by Crippen LogP contribution is -2.45. The van der Waals surface area contributed by atoms with E-state index in [4.69, 9.17) is 9.47 Å². The predicted molar refractivity (Wildman–Crippen MR) is 145 cm³/mol. The zero-order valence-corrected chi connectivity index (χ0v) is 22.1. The first-order chi connectivity index (χ1) is 15.6. The molecular formula is C25H37IN4O3. The van der Waals surface area contributed by atoms with Crippen molar-refractivity contribution in [3.05, 3.63) is 60.2 Å². The molecule has 3 N–H and O–H groups in total. The van der Waals surface area contributed by atoms with E-state index in [9.17, 15) is 5.11 Å². The molecule has 33 heavy (non-hydrogen) atoms. The highest BCUT2D eigenvalue weighted by atomic mass is 127. The van der Waals surface area contributed by atoms with E-state index in [1.807, 2.05) is 62.4 Å². The molecular weight excluding hydrogens is 531 g/mol. The van der Waals surface area contributed by atoms with E-state index < -0.39 is 6.10 Å². The molecule has 1 aliphatic rings. The minimum Gasteiger partial charge on any atom is -0.495 e. The average molecular weight is 569 g/mol. The standard InChI is InChI=1S/C25H36N4O3.HI/c1-4-26-25(27-16-22(30)18-32-19(2)20-10-6-5-7-11-20)28-21-14-15-29(17-21)23-12-8-9-13-24(23)31-3;/h5-13,19,21-22,30H,4,14-18H2,1-3H3,(H2,26,27,28);1H. The van der Waals surface area contributed by atoms with E-state index in [0.717, 1.165) is 49.0 Å². The Morgan fingerprint density at radius 2 is 1.91 bits per heavy atom. The Morgan fingerprint density at radius 3 is 2.64 bits per heavy atom. The van der Waals surface area contributed by atoms with Gasteiger partial charge in [0.15, 0.2) is 5.96 Å². The number of para-hydroxylation sites is 2. The number of guanidine groups is 1. The number of ether oxygens (including phenoxy) is 2. The maximum atomic E-state index is 10.4. The minimum absolute atomic E-state index is 0. The van der Waals surface area contributed by atoms with E-state index in [1.54, 1.807) is 7.11 Å². The Kier molecular flexibility index (Phi) is 11.8. The third-order valence-corrected chi connectivity index (χ3v) is 5.57. The van der Waals surface area contributed by atoms with Gasteiger partial charge in [0, 0.05) is 25.7 Å². The first kappa shape index (κ1) is 27.2. The molecule has 0 radical (unpaired) electrons. The molecule has 0 spiro atoms. The van der Waals surface area contributed by atoms with Gasteiger partial charge in [0.2, 0.25) is 0 Å². The quantitative estimate of drug-likeness (QED) is 0.231. The van der Waals surface area contributed by atoms with Gasteiger partial charge in [-0.3, -0.25) is 4.99 Å². The summed E-state index contributed by atoms with van der Waals surface area (Å²) in [4.78, 5) is 6.91. The number of aliphatic imine (C=N–C) groups is 1. The fraction of sp³-hybridized carbons (Fsp3) is 0.480. The van der Waals surface area contributed by atoms with Crippen LogP contribution in [-0.2, 0) is 4.74 Å². The lowest BCUT2D eigenvalue weighted by atomic mass is 10.1. The van der Waals surface area contributed by atoms with Crippen molar-refractivity contribution < 1.29 is 14.6 Å². The van der Waals surface area contributed by atoms with Crippen molar-refractivity contribution in [1.29, 1.82) is 0 Å². The molecule has 0 aromatic heterocycles. The van der Waals surface area contributed by atoms with Crippen LogP contribution in [0.5, 0.6) is 5.75 Å². The predicted octanol–water partition coefficient (Wildman–Crippen LogP) is 3.59. The van der Waals surface area contributed by atoms with Crippen molar-refractivity contribution in [2.75, 3.05) is 44.8 Å². The lowest BCUT2D eigenvalue weighted by molar-refractivity contribution is 0.00111. The zero-order valence-electron chi connectivity index (χ0n) is 19.7. The summed E-state index contributed by atoms with van der Waals surface area (Å²) in [7, 11) is 1.70. The number of hydrogen-bond donors (Lipinski definition) is 3. The largest absolute Gasteiger partial charge is 0.495 e. The number of hydrogen-bond acceptors (Lipinski definition) is 5. The van der Waals surface area contributed by atoms with Crippen LogP contribution >= 0.6 is 24.0 Å². The van der Waals surface area contributed by atoms with Crippen molar-refractivity contribution in [3.8, 4) is 5.75 Å². The number of nitrogens with one attached hydrogen (secondary N) is 2. The molecule has 1 aliphatic heterocycles. The highest BCUT2D eigenvalue weighted by Gasteiger charge is 2.25. The fourth-order valence-electron chi connectivity index (χ4n) is 3.83. The molecule has 8 heteroatoms. The second-order valence-corrected chi connectivity index (χ2v) is 8.01. The lowest BCUT2D eigenvalue weighted by Gasteiger charge is -2.22. The van der Waals surface area contributed by atoms with Crippen LogP contribution in [0.4, 0.5) is 5.69 Å². The molecule has 182 valence electrons. The summed E-state index contributed by atoms with van der Waals surface area (Å²) >= 11 is 0. The Bertz CT molecular complexity index is 853. The van der Waals surface area contributed by atoms with Crippen LogP contribution in [0.3, 0.4) is 0 Å². The van der Waals surface area contributed by atoms with Gasteiger partial charge in [-0.2, -0.15) is 0 Å². The number of benzene rings is 2. The van der Waals surface area contributed by atoms with Gasteiger partial charge < -0.3 is 30.1 Å². The molecule has 3 unspecified atom stereocenters. The number of aliphatic hydroxyl groups is 1. The molecule has 3 rings (SSSR count). The summed E-state index contributed by atoms with van der Waals surface area (Å²) in [6, 6.07) is 18.4. The summed E-state index contributed by atoms with van der Waals surface area (Å²) in [5.74, 6) is 1.61. The van der Waals surface area contributed by atoms with Crippen LogP contribution in [0.25, 0.3) is 0 Å². The van der Waals surface area contributed by atoms with Gasteiger partial charge in [-0.15, -0.1) is 24.0 Å². The number of rotatable bonds is 10. The third-order valence-electron chi connectivity index (χ3n) is 5.57. The molecule has 0 amide bonds. The molecule has 1 fully saturated rings. The minimum atomic E-state index is -0.662. The molecule has 7 nitrogen and oxygen atoms in total. The number of aliphatic hydroxyl groups excluding tert-OH is 1. The first-order valence-electron chi connectivity index (χ1n) is 11.4. The number of anilines is 1. The van der Waals surface area contributed by atoms with Gasteiger partial charge >= 0.3 is 0 Å². The summed E-state index contributed by atoms with van der Waals surface area (Å²) in [6.45, 7) is 7.12. The topological polar surface area (TPSA) is 78.4 Å². The highest BCUT2D eigenvalue weighted by molar-refractivity contribution is 14.0. The Labute approximate surface area is 214 Å². The van der Waals surface area contributed by atoms with Crippen LogP contribution < -0.4 is 20.3 Å². The normalized spacial score (nSPS) is 17.8. The smallest absolute Gasteiger partial charge is 0.191 e. The van der Waals surface area contributed by atoms with Gasteiger partial charge in [0.1, 0.15) is 5.75 Å². The summed E-state index contributed by atoms with van der Waals surface area (Å²) in [5, 5.41) is 17.1. The first-order valence-corrected chi connectivity index (χ1v) is 11.4. The maximum absolute atomic E-state index is 10.4. The van der Waals surface area contributed by atoms with E-state index >= 15 is 0 Å². The molecule has 0 aliphatic carbocycles. The van der Waals surface area contributed by atoms with E-state index in [0.29, 0.717) is 0 Å². The maximum Gasteiger partial charge on any atom is 0.191 e. The SMILES string of the molecule is CCNC(=NCC(O)COC(C)c1ccccc1)NC1CCN(c2ccccc2OC)C1.I. The van der Waals surface area contributed by atoms with Crippen molar-refractivity contribution >= 4 is 35.6 Å². The summed E-state index contributed by atoms with van der Waals surface area (Å²) in [5.41, 5.74) is 2.21. The third kappa shape index (κ3) is 8.35. The van der Waals surface area contributed by atoms with Gasteiger partial charge in [0.05, 0.1) is 38.2 Å². The second kappa shape index (κ2) is 14.3. The van der Waals surface area contributed by atoms with Gasteiger partial charge in [-0.1, -0.05) is 42.5 Å². The van der Waals surface area contributed by atoms with Crippen LogP contribution in [0.15, 0.2) is 59.6 Å². The molecule has 2 aromatic carbocycles. The second-order valence-electron chi connectivity index (χ2n) is 8.01. The van der Waals surface area contributed by atoms with Gasteiger partial charge in [-0.25, -0.2) is 0 Å². The van der Waals surface area contributed by atoms with Crippen molar-refractivity contribution in [3.63, 3.8) is 0 Å². The van der Waals surface area contributed by atoms with E-state index in [2.05, 4.69) is 26.6 Å². The Balaban J connectivity index is 0.00000385. The molecule has 0 saturated carbocycles. The van der Waals surface area contributed by atoms with Crippen molar-refractivity contribution in [2.45, 2.75) is 38.5 Å². The average Bonchev–Trinajstić information content (AvgIpc) is 3.30. The summed E-state index contributed by atoms with van der Waals surface area (Å²) < 4.78 is 11.3. The Hall–Kier alpha value is -2.04. The fourth-order valence-corrected chi connectivity index (χ4v) is 3.83. The molecule has 0 bridgehead atoms. The Morgan fingerprint density at radius 1 is 1.18 bits per heavy atom. The summed E-state index contributed by atoms with van der Waals surface area (Å²) in [6.07, 6.45) is 0.272. The van der Waals surface area contributed by atoms with Crippen molar-refractivity contribution in [2.24, 2.45) is 4.99 Å². The van der Waals surface area contributed by atoms with Gasteiger partial charge in [0.25, 0.3) is 0 Å². The molecule has 1 saturated heterocycles. The van der Waals surface area contributed by atoms with Crippen LogP contribution in [0.1, 0.15) is 31.9 Å². The number of halogens is 1. The zero-order chi connectivity index (χ0) is 22.8. The van der Waals surface area contributed by atoms with Crippen molar-refractivity contribution in [1.82, 2.24) is 10.6 Å².